The number of anilines is 1. The van der Waals surface area contributed by atoms with Crippen LogP contribution in [0.1, 0.15) is 33.3 Å². The van der Waals surface area contributed by atoms with Gasteiger partial charge in [0.1, 0.15) is 5.82 Å². The first kappa shape index (κ1) is 13.9. The van der Waals surface area contributed by atoms with Crippen molar-refractivity contribution in [1.29, 1.82) is 0 Å². The van der Waals surface area contributed by atoms with Gasteiger partial charge in [-0.15, -0.1) is 0 Å². The van der Waals surface area contributed by atoms with E-state index in [4.69, 9.17) is 9.31 Å². The van der Waals surface area contributed by atoms with Gasteiger partial charge in [0, 0.05) is 30.3 Å². The molecule has 1 fully saturated rings. The number of likely N-dealkylation sites (N-methyl/N-ethyl adjacent to an activating group) is 1. The van der Waals surface area contributed by atoms with Crippen LogP contribution < -0.4 is 10.4 Å². The maximum atomic E-state index is 14.7. The number of rotatable bonds is 1. The molecule has 3 nitrogen and oxygen atoms in total. The Balaban J connectivity index is 1.98. The van der Waals surface area contributed by atoms with E-state index in [2.05, 4.69) is 4.90 Å². The highest BCUT2D eigenvalue weighted by Gasteiger charge is 2.52. The van der Waals surface area contributed by atoms with Crippen molar-refractivity contribution in [2.45, 2.75) is 45.3 Å². The van der Waals surface area contributed by atoms with Gasteiger partial charge in [0.15, 0.2) is 0 Å². The van der Waals surface area contributed by atoms with Gasteiger partial charge in [0.05, 0.1) is 11.2 Å². The lowest BCUT2D eigenvalue weighted by molar-refractivity contribution is 0.00578. The molecule has 108 valence electrons. The normalized spacial score (nSPS) is 23.3. The van der Waals surface area contributed by atoms with Crippen LogP contribution in [0.15, 0.2) is 12.1 Å². The van der Waals surface area contributed by atoms with Crippen molar-refractivity contribution in [3.63, 3.8) is 0 Å². The van der Waals surface area contributed by atoms with Gasteiger partial charge in [-0.25, -0.2) is 4.39 Å². The summed E-state index contributed by atoms with van der Waals surface area (Å²) in [6.07, 6.45) is 0.741. The topological polar surface area (TPSA) is 21.7 Å². The third-order valence-corrected chi connectivity index (χ3v) is 4.86. The molecule has 1 aromatic rings. The molecule has 0 spiro atoms. The quantitative estimate of drug-likeness (QED) is 0.734. The molecule has 0 N–H and O–H groups in total. The van der Waals surface area contributed by atoms with E-state index in [9.17, 15) is 4.39 Å². The van der Waals surface area contributed by atoms with Crippen molar-refractivity contribution in [3.05, 3.63) is 23.5 Å². The first-order valence-corrected chi connectivity index (χ1v) is 7.11. The van der Waals surface area contributed by atoms with Crippen molar-refractivity contribution in [1.82, 2.24) is 0 Å². The SMILES string of the molecule is CN1CCc2c1ccc(B1OC(C)(C)C(C)(C)O1)c2F. The fraction of sp³-hybridized carbons (Fsp3) is 0.600. The average Bonchev–Trinajstić information content (AvgIpc) is 2.79. The number of halogens is 1. The maximum Gasteiger partial charge on any atom is 0.497 e. The summed E-state index contributed by atoms with van der Waals surface area (Å²) in [5, 5.41) is 0. The third kappa shape index (κ3) is 1.87. The molecule has 2 heterocycles. The van der Waals surface area contributed by atoms with Gasteiger partial charge in [-0.3, -0.25) is 0 Å². The van der Waals surface area contributed by atoms with Crippen LogP contribution in [-0.2, 0) is 15.7 Å². The smallest absolute Gasteiger partial charge is 0.399 e. The highest BCUT2D eigenvalue weighted by atomic mass is 19.1. The van der Waals surface area contributed by atoms with E-state index in [1.807, 2.05) is 40.8 Å². The van der Waals surface area contributed by atoms with Gasteiger partial charge < -0.3 is 14.2 Å². The zero-order chi connectivity index (χ0) is 14.7. The molecule has 0 amide bonds. The minimum Gasteiger partial charge on any atom is -0.399 e. The van der Waals surface area contributed by atoms with Crippen molar-refractivity contribution >= 4 is 18.3 Å². The summed E-state index contributed by atoms with van der Waals surface area (Å²) < 4.78 is 26.6. The molecule has 0 aliphatic carbocycles. The van der Waals surface area contributed by atoms with Crippen LogP contribution in [0.2, 0.25) is 0 Å². The summed E-state index contributed by atoms with van der Waals surface area (Å²) >= 11 is 0. The molecule has 0 unspecified atom stereocenters. The van der Waals surface area contributed by atoms with Gasteiger partial charge in [-0.05, 0) is 40.2 Å². The Morgan fingerprint density at radius 2 is 1.75 bits per heavy atom. The van der Waals surface area contributed by atoms with Crippen LogP contribution in [0.25, 0.3) is 0 Å². The highest BCUT2D eigenvalue weighted by molar-refractivity contribution is 6.62. The molecule has 20 heavy (non-hydrogen) atoms. The van der Waals surface area contributed by atoms with E-state index >= 15 is 0 Å². The predicted molar refractivity (Wildman–Crippen MR) is 79.1 cm³/mol. The van der Waals surface area contributed by atoms with Crippen LogP contribution in [-0.4, -0.2) is 31.9 Å². The highest BCUT2D eigenvalue weighted by Crippen LogP contribution is 2.37. The second-order valence-electron chi connectivity index (χ2n) is 6.73. The molecule has 0 atom stereocenters. The van der Waals surface area contributed by atoms with E-state index in [1.54, 1.807) is 6.07 Å². The van der Waals surface area contributed by atoms with Crippen LogP contribution >= 0.6 is 0 Å². The predicted octanol–water partition coefficient (Wildman–Crippen LogP) is 2.12. The van der Waals surface area contributed by atoms with Gasteiger partial charge in [-0.2, -0.15) is 0 Å². The van der Waals surface area contributed by atoms with Gasteiger partial charge in [0.2, 0.25) is 0 Å². The Bertz CT molecular complexity index is 543. The Hall–Kier alpha value is -1.07. The number of fused-ring (bicyclic) bond motifs is 1. The molecule has 2 aliphatic rings. The summed E-state index contributed by atoms with van der Waals surface area (Å²) in [7, 11) is 1.36. The van der Waals surface area contributed by atoms with E-state index in [1.165, 1.54) is 0 Å². The average molecular weight is 277 g/mol. The lowest BCUT2D eigenvalue weighted by Gasteiger charge is -2.32. The van der Waals surface area contributed by atoms with Crippen LogP contribution in [0, 0.1) is 5.82 Å². The van der Waals surface area contributed by atoms with Crippen LogP contribution in [0.5, 0.6) is 0 Å². The van der Waals surface area contributed by atoms with Gasteiger partial charge >= 0.3 is 7.12 Å². The first-order valence-electron chi connectivity index (χ1n) is 7.11. The second kappa shape index (κ2) is 4.21. The molecule has 1 saturated heterocycles. The minimum absolute atomic E-state index is 0.176. The summed E-state index contributed by atoms with van der Waals surface area (Å²) in [4.78, 5) is 2.08. The summed E-state index contributed by atoms with van der Waals surface area (Å²) in [6.45, 7) is 8.77. The number of hydrogen-bond donors (Lipinski definition) is 0. The molecule has 1 aromatic carbocycles. The second-order valence-corrected chi connectivity index (χ2v) is 6.73. The lowest BCUT2D eigenvalue weighted by atomic mass is 9.77. The maximum absolute atomic E-state index is 14.7. The Morgan fingerprint density at radius 3 is 2.35 bits per heavy atom. The van der Waals surface area contributed by atoms with E-state index in [-0.39, 0.29) is 5.82 Å². The Labute approximate surface area is 120 Å². The number of benzene rings is 1. The summed E-state index contributed by atoms with van der Waals surface area (Å²) in [5.74, 6) is -0.176. The molecule has 0 saturated carbocycles. The Kier molecular flexibility index (Phi) is 2.93. The van der Waals surface area contributed by atoms with Gasteiger partial charge in [0.25, 0.3) is 0 Å². The molecular formula is C15H21BFNO2. The standard InChI is InChI=1S/C15H21BFNO2/c1-14(2)15(3,4)20-16(19-14)11-6-7-12-10(13(11)17)8-9-18(12)5/h6-7H,8-9H2,1-5H3. The van der Waals surface area contributed by atoms with Crippen molar-refractivity contribution in [2.24, 2.45) is 0 Å². The first-order chi connectivity index (χ1) is 9.23. The molecular weight excluding hydrogens is 256 g/mol. The third-order valence-electron chi connectivity index (χ3n) is 4.86. The fourth-order valence-electron chi connectivity index (χ4n) is 2.78. The van der Waals surface area contributed by atoms with E-state index in [0.29, 0.717) is 5.46 Å². The minimum atomic E-state index is -0.629. The molecule has 0 radical (unpaired) electrons. The summed E-state index contributed by atoms with van der Waals surface area (Å²) in [6, 6.07) is 3.75. The lowest BCUT2D eigenvalue weighted by Crippen LogP contribution is -2.41. The summed E-state index contributed by atoms with van der Waals surface area (Å²) in [5.41, 5.74) is 1.37. The molecule has 3 rings (SSSR count). The zero-order valence-electron chi connectivity index (χ0n) is 12.8. The van der Waals surface area contributed by atoms with E-state index < -0.39 is 18.3 Å². The van der Waals surface area contributed by atoms with Crippen molar-refractivity contribution in [3.8, 4) is 0 Å². The molecule has 0 bridgehead atoms. The fourth-order valence-corrected chi connectivity index (χ4v) is 2.78. The number of nitrogens with zero attached hydrogens (tertiary/aromatic N) is 1. The van der Waals surface area contributed by atoms with Gasteiger partial charge in [-0.1, -0.05) is 6.07 Å². The number of hydrogen-bond acceptors (Lipinski definition) is 3. The van der Waals surface area contributed by atoms with E-state index in [0.717, 1.165) is 24.2 Å². The molecule has 5 heteroatoms. The zero-order valence-corrected chi connectivity index (χ0v) is 12.8. The molecule has 2 aliphatic heterocycles. The largest absolute Gasteiger partial charge is 0.497 e. The van der Waals surface area contributed by atoms with Crippen LogP contribution in [0.4, 0.5) is 10.1 Å². The van der Waals surface area contributed by atoms with Crippen LogP contribution in [0.3, 0.4) is 0 Å². The van der Waals surface area contributed by atoms with Crippen molar-refractivity contribution in [2.75, 3.05) is 18.5 Å². The monoisotopic (exact) mass is 277 g/mol. The Morgan fingerprint density at radius 1 is 1.15 bits per heavy atom. The van der Waals surface area contributed by atoms with Crippen molar-refractivity contribution < 1.29 is 13.7 Å². The molecule has 0 aromatic heterocycles.